The van der Waals surface area contributed by atoms with Gasteiger partial charge in [-0.15, -0.1) is 0 Å². The van der Waals surface area contributed by atoms with Gasteiger partial charge in [0.05, 0.1) is 16.7 Å². The highest BCUT2D eigenvalue weighted by Gasteiger charge is 2.34. The first kappa shape index (κ1) is 27.2. The average molecular weight is 534 g/mol. The zero-order valence-corrected chi connectivity index (χ0v) is 21.1. The second kappa shape index (κ2) is 11.3. The fraction of sp³-hybridized carbons (Fsp3) is 0.500. The molecule has 11 nitrogen and oxygen atoms in total. The first-order chi connectivity index (χ1) is 18.0. The third-order valence-corrected chi connectivity index (χ3v) is 7.05. The Morgan fingerprint density at radius 3 is 2.55 bits per heavy atom. The van der Waals surface area contributed by atoms with Gasteiger partial charge in [-0.25, -0.2) is 4.98 Å². The summed E-state index contributed by atoms with van der Waals surface area (Å²) in [5.41, 5.74) is 6.16. The first-order valence-electron chi connectivity index (χ1n) is 12.3. The number of nitro groups is 1. The summed E-state index contributed by atoms with van der Waals surface area (Å²) >= 11 is 0. The van der Waals surface area contributed by atoms with Gasteiger partial charge in [0.1, 0.15) is 5.69 Å². The molecule has 1 aliphatic carbocycles. The quantitative estimate of drug-likeness (QED) is 0.276. The Hall–Kier alpha value is -3.81. The number of rotatable bonds is 9. The number of hydrogen-bond donors (Lipinski definition) is 3. The summed E-state index contributed by atoms with van der Waals surface area (Å²) < 4.78 is 42.2. The summed E-state index contributed by atoms with van der Waals surface area (Å²) in [6, 6.07) is 1.22. The minimum absolute atomic E-state index is 0.0489. The van der Waals surface area contributed by atoms with E-state index in [4.69, 9.17) is 5.73 Å². The van der Waals surface area contributed by atoms with Crippen molar-refractivity contribution in [1.82, 2.24) is 30.0 Å². The van der Waals surface area contributed by atoms with E-state index < -0.39 is 34.6 Å². The minimum Gasteiger partial charge on any atom is -0.378 e. The Bertz CT molecular complexity index is 1290. The first-order valence-corrected chi connectivity index (χ1v) is 12.3. The van der Waals surface area contributed by atoms with Crippen molar-refractivity contribution in [3.63, 3.8) is 0 Å². The Kier molecular flexibility index (Phi) is 8.09. The predicted octanol–water partition coefficient (Wildman–Crippen LogP) is 3.77. The molecule has 0 aliphatic heterocycles. The number of nitrogens with zero attached hydrogens (tertiary/aromatic N) is 6. The summed E-state index contributed by atoms with van der Waals surface area (Å²) in [4.78, 5) is 22.8. The number of aryl methyl sites for hydroxylation is 1. The third-order valence-electron chi connectivity index (χ3n) is 7.05. The summed E-state index contributed by atoms with van der Waals surface area (Å²) in [5.74, 6) is -0.0294. The lowest BCUT2D eigenvalue weighted by Gasteiger charge is -2.29. The SMILES string of the molecule is Cc1c(CN[C@H]2CC[C@H](CNc3nc(N)c([N+](=O)[O-])c(Cc4cnccc4C(F)(F)F)n3)CC2)cnn1C. The molecule has 0 bridgehead atoms. The number of aromatic nitrogens is 5. The maximum atomic E-state index is 13.4. The van der Waals surface area contributed by atoms with Crippen molar-refractivity contribution in [3.05, 3.63) is 62.8 Å². The van der Waals surface area contributed by atoms with E-state index >= 15 is 0 Å². The van der Waals surface area contributed by atoms with E-state index in [1.807, 2.05) is 24.9 Å². The highest BCUT2D eigenvalue weighted by molar-refractivity contribution is 5.59. The van der Waals surface area contributed by atoms with Crippen molar-refractivity contribution in [2.24, 2.45) is 13.0 Å². The van der Waals surface area contributed by atoms with Gasteiger partial charge in [0, 0.05) is 56.3 Å². The number of nitrogens with one attached hydrogen (secondary N) is 2. The molecule has 1 fully saturated rings. The van der Waals surface area contributed by atoms with Crippen molar-refractivity contribution >= 4 is 17.5 Å². The molecular weight excluding hydrogens is 503 g/mol. The van der Waals surface area contributed by atoms with Gasteiger partial charge in [0.25, 0.3) is 0 Å². The number of hydrogen-bond acceptors (Lipinski definition) is 9. The van der Waals surface area contributed by atoms with Gasteiger partial charge in [-0.2, -0.15) is 23.3 Å². The summed E-state index contributed by atoms with van der Waals surface area (Å²) in [6.07, 6.45) is 2.70. The molecule has 0 atom stereocenters. The molecule has 1 saturated carbocycles. The molecule has 0 amide bonds. The third kappa shape index (κ3) is 6.36. The van der Waals surface area contributed by atoms with Crippen LogP contribution in [0.4, 0.5) is 30.6 Å². The fourth-order valence-electron chi connectivity index (χ4n) is 4.73. The van der Waals surface area contributed by atoms with Crippen LogP contribution in [0.2, 0.25) is 0 Å². The van der Waals surface area contributed by atoms with Crippen LogP contribution < -0.4 is 16.4 Å². The van der Waals surface area contributed by atoms with E-state index in [0.717, 1.165) is 56.4 Å². The number of pyridine rings is 1. The summed E-state index contributed by atoms with van der Waals surface area (Å²) in [5, 5.41) is 22.5. The van der Waals surface area contributed by atoms with Crippen LogP contribution in [-0.4, -0.2) is 42.2 Å². The maximum absolute atomic E-state index is 13.4. The van der Waals surface area contributed by atoms with Gasteiger partial charge < -0.3 is 16.4 Å². The molecule has 204 valence electrons. The van der Waals surface area contributed by atoms with Crippen molar-refractivity contribution in [2.45, 2.75) is 57.8 Å². The molecule has 4 rings (SSSR count). The molecule has 0 saturated heterocycles. The molecule has 0 aromatic carbocycles. The molecule has 1 aliphatic rings. The predicted molar refractivity (Wildman–Crippen MR) is 134 cm³/mol. The van der Waals surface area contributed by atoms with Crippen LogP contribution in [0.5, 0.6) is 0 Å². The van der Waals surface area contributed by atoms with Gasteiger partial charge in [0.2, 0.25) is 11.8 Å². The van der Waals surface area contributed by atoms with Crippen LogP contribution in [0.25, 0.3) is 0 Å². The Balaban J connectivity index is 1.39. The molecule has 3 aromatic rings. The van der Waals surface area contributed by atoms with E-state index in [2.05, 4.69) is 30.7 Å². The van der Waals surface area contributed by atoms with Crippen molar-refractivity contribution < 1.29 is 18.1 Å². The number of nitrogens with two attached hydrogens (primary N) is 1. The Morgan fingerprint density at radius 2 is 1.92 bits per heavy atom. The molecule has 14 heteroatoms. The molecule has 4 N–H and O–H groups in total. The van der Waals surface area contributed by atoms with Gasteiger partial charge in [-0.1, -0.05) is 0 Å². The normalized spacial score (nSPS) is 17.9. The Labute approximate surface area is 217 Å². The van der Waals surface area contributed by atoms with E-state index in [0.29, 0.717) is 18.5 Å². The lowest BCUT2D eigenvalue weighted by molar-refractivity contribution is -0.385. The highest BCUT2D eigenvalue weighted by atomic mass is 19.4. The standard InChI is InChI=1S/C24H30F3N9O2/c1-14-17(13-32-35(14)2)12-30-18-5-3-15(4-6-18)10-31-23-33-20(21(36(37)38)22(28)34-23)9-16-11-29-8-7-19(16)24(25,26)27/h7-8,11,13,15,18,30H,3-6,9-10,12H2,1-2H3,(H3,28,31,33,34)/t15-,18-. The monoisotopic (exact) mass is 533 g/mol. The molecule has 0 radical (unpaired) electrons. The second-order valence-electron chi connectivity index (χ2n) is 9.55. The molecule has 3 aromatic heterocycles. The van der Waals surface area contributed by atoms with Crippen LogP contribution in [0.15, 0.2) is 24.7 Å². The van der Waals surface area contributed by atoms with Gasteiger partial charge in [0.15, 0.2) is 0 Å². The van der Waals surface area contributed by atoms with Gasteiger partial charge in [-0.3, -0.25) is 19.8 Å². The largest absolute Gasteiger partial charge is 0.416 e. The van der Waals surface area contributed by atoms with Crippen molar-refractivity contribution in [1.29, 1.82) is 0 Å². The fourth-order valence-corrected chi connectivity index (χ4v) is 4.73. The lowest BCUT2D eigenvalue weighted by atomic mass is 9.86. The number of alkyl halides is 3. The van der Waals surface area contributed by atoms with Crippen LogP contribution in [-0.2, 0) is 26.2 Å². The highest BCUT2D eigenvalue weighted by Crippen LogP contribution is 2.34. The lowest BCUT2D eigenvalue weighted by Crippen LogP contribution is -2.34. The van der Waals surface area contributed by atoms with Gasteiger partial charge >= 0.3 is 11.9 Å². The number of anilines is 2. The Morgan fingerprint density at radius 1 is 1.18 bits per heavy atom. The second-order valence-corrected chi connectivity index (χ2v) is 9.55. The molecule has 0 unspecified atom stereocenters. The number of halogens is 3. The van der Waals surface area contributed by atoms with E-state index in [1.165, 1.54) is 5.56 Å². The van der Waals surface area contributed by atoms with Gasteiger partial charge in [-0.05, 0) is 50.2 Å². The maximum Gasteiger partial charge on any atom is 0.416 e. The van der Waals surface area contributed by atoms with Crippen molar-refractivity contribution in [3.8, 4) is 0 Å². The zero-order valence-electron chi connectivity index (χ0n) is 21.1. The molecule has 3 heterocycles. The van der Waals surface area contributed by atoms with Crippen molar-refractivity contribution in [2.75, 3.05) is 17.6 Å². The zero-order chi connectivity index (χ0) is 27.4. The topological polar surface area (TPSA) is 150 Å². The molecule has 38 heavy (non-hydrogen) atoms. The van der Waals surface area contributed by atoms with E-state index in [9.17, 15) is 23.3 Å². The van der Waals surface area contributed by atoms with E-state index in [1.54, 1.807) is 0 Å². The number of nitrogen functional groups attached to an aromatic ring is 1. The van der Waals surface area contributed by atoms with Crippen LogP contribution in [0, 0.1) is 23.0 Å². The minimum atomic E-state index is -4.64. The van der Waals surface area contributed by atoms with Crippen LogP contribution in [0.3, 0.4) is 0 Å². The van der Waals surface area contributed by atoms with Crippen LogP contribution in [0.1, 0.15) is 53.8 Å². The van der Waals surface area contributed by atoms with E-state index in [-0.39, 0.29) is 17.2 Å². The average Bonchev–Trinajstić information content (AvgIpc) is 3.18. The smallest absolute Gasteiger partial charge is 0.378 e. The van der Waals surface area contributed by atoms with Crippen LogP contribution >= 0.6 is 0 Å². The molecular formula is C24H30F3N9O2. The summed E-state index contributed by atoms with van der Waals surface area (Å²) in [7, 11) is 1.92. The summed E-state index contributed by atoms with van der Waals surface area (Å²) in [6.45, 7) is 3.32. The molecule has 0 spiro atoms.